The number of nitrogens with zero attached hydrogens (tertiary/aromatic N) is 2. The molecule has 1 atom stereocenters. The van der Waals surface area contributed by atoms with E-state index in [0.717, 1.165) is 5.69 Å². The van der Waals surface area contributed by atoms with Gasteiger partial charge in [0.2, 0.25) is 5.91 Å². The van der Waals surface area contributed by atoms with Crippen LogP contribution in [0.4, 0.5) is 5.69 Å². The van der Waals surface area contributed by atoms with Crippen molar-refractivity contribution in [1.29, 1.82) is 0 Å². The van der Waals surface area contributed by atoms with E-state index >= 15 is 0 Å². The maximum absolute atomic E-state index is 12.1. The molecule has 0 spiro atoms. The van der Waals surface area contributed by atoms with Crippen LogP contribution in [0.3, 0.4) is 0 Å². The third kappa shape index (κ3) is 3.03. The molecule has 4 nitrogen and oxygen atoms in total. The van der Waals surface area contributed by atoms with Crippen molar-refractivity contribution in [3.8, 4) is 0 Å². The minimum Gasteiger partial charge on any atom is -0.327 e. The average molecular weight is 233 g/mol. The molecular formula is C13H19N3O. The molecule has 1 aliphatic rings. The van der Waals surface area contributed by atoms with Gasteiger partial charge >= 0.3 is 0 Å². The molecule has 1 aliphatic carbocycles. The minimum atomic E-state index is 0.0263. The molecule has 0 radical (unpaired) electrons. The zero-order chi connectivity index (χ0) is 12.3. The van der Waals surface area contributed by atoms with Crippen LogP contribution in [0.25, 0.3) is 0 Å². The van der Waals surface area contributed by atoms with Gasteiger partial charge in [0.1, 0.15) is 0 Å². The van der Waals surface area contributed by atoms with E-state index in [1.165, 1.54) is 12.8 Å². The summed E-state index contributed by atoms with van der Waals surface area (Å²) < 4.78 is 0. The molecule has 1 heterocycles. The van der Waals surface area contributed by atoms with E-state index in [9.17, 15) is 4.79 Å². The first kappa shape index (κ1) is 12.0. The Morgan fingerprint density at radius 3 is 2.71 bits per heavy atom. The molecular weight excluding hydrogens is 214 g/mol. The molecule has 0 aliphatic heterocycles. The normalized spacial score (nSPS) is 16.6. The van der Waals surface area contributed by atoms with Crippen molar-refractivity contribution in [2.45, 2.75) is 32.2 Å². The van der Waals surface area contributed by atoms with Crippen molar-refractivity contribution < 1.29 is 4.79 Å². The smallest absolute Gasteiger partial charge is 0.228 e. The fourth-order valence-electron chi connectivity index (χ4n) is 2.03. The quantitative estimate of drug-likeness (QED) is 0.839. The lowest BCUT2D eigenvalue weighted by atomic mass is 10.1. The molecule has 2 N–H and O–H groups in total. The molecule has 1 amide bonds. The Bertz CT molecular complexity index is 376. The van der Waals surface area contributed by atoms with Gasteiger partial charge in [0.05, 0.1) is 0 Å². The van der Waals surface area contributed by atoms with Crippen molar-refractivity contribution in [2.24, 2.45) is 11.7 Å². The summed E-state index contributed by atoms with van der Waals surface area (Å²) in [6, 6.07) is 3.73. The molecule has 2 rings (SSSR count). The highest BCUT2D eigenvalue weighted by atomic mass is 16.2. The van der Waals surface area contributed by atoms with Crippen molar-refractivity contribution in [2.75, 3.05) is 11.4 Å². The predicted octanol–water partition coefficient (Wildman–Crippen LogP) is 1.56. The summed E-state index contributed by atoms with van der Waals surface area (Å²) in [7, 11) is 0. The molecule has 0 bridgehead atoms. The van der Waals surface area contributed by atoms with E-state index in [1.807, 2.05) is 19.1 Å². The number of amides is 1. The lowest BCUT2D eigenvalue weighted by Gasteiger charge is -2.22. The number of carbonyl (C=O) groups excluding carboxylic acids is 1. The molecule has 1 aromatic rings. The fourth-order valence-corrected chi connectivity index (χ4v) is 2.03. The number of nitrogens with two attached hydrogens (primary N) is 1. The van der Waals surface area contributed by atoms with Crippen LogP contribution in [0.2, 0.25) is 0 Å². The maximum Gasteiger partial charge on any atom is 0.228 e. The summed E-state index contributed by atoms with van der Waals surface area (Å²) in [6.07, 6.45) is 6.20. The molecule has 92 valence electrons. The van der Waals surface area contributed by atoms with Gasteiger partial charge in [-0.1, -0.05) is 0 Å². The van der Waals surface area contributed by atoms with Gasteiger partial charge in [-0.15, -0.1) is 0 Å². The zero-order valence-electron chi connectivity index (χ0n) is 10.2. The van der Waals surface area contributed by atoms with Crippen LogP contribution in [0.5, 0.6) is 0 Å². The Kier molecular flexibility index (Phi) is 3.74. The highest BCUT2D eigenvalue weighted by molar-refractivity contribution is 5.93. The van der Waals surface area contributed by atoms with Gasteiger partial charge in [0, 0.05) is 37.1 Å². The lowest BCUT2D eigenvalue weighted by Crippen LogP contribution is -2.36. The van der Waals surface area contributed by atoms with Gasteiger partial charge in [-0.05, 0) is 37.8 Å². The summed E-state index contributed by atoms with van der Waals surface area (Å²) in [5, 5.41) is 0. The van der Waals surface area contributed by atoms with E-state index < -0.39 is 0 Å². The second-order valence-corrected chi connectivity index (χ2v) is 4.55. The number of hydrogen-bond acceptors (Lipinski definition) is 3. The number of carbonyl (C=O) groups is 1. The second-order valence-electron chi connectivity index (χ2n) is 4.55. The first-order chi connectivity index (χ1) is 8.22. The first-order valence-corrected chi connectivity index (χ1v) is 6.18. The van der Waals surface area contributed by atoms with Crippen molar-refractivity contribution in [3.63, 3.8) is 0 Å². The van der Waals surface area contributed by atoms with E-state index in [0.29, 0.717) is 18.9 Å². The van der Waals surface area contributed by atoms with E-state index in [2.05, 4.69) is 4.98 Å². The van der Waals surface area contributed by atoms with E-state index in [1.54, 1.807) is 17.3 Å². The third-order valence-electron chi connectivity index (χ3n) is 3.23. The number of rotatable bonds is 5. The van der Waals surface area contributed by atoms with E-state index in [4.69, 9.17) is 5.73 Å². The molecule has 1 fully saturated rings. The summed E-state index contributed by atoms with van der Waals surface area (Å²) in [6.45, 7) is 2.64. The maximum atomic E-state index is 12.1. The molecule has 4 heteroatoms. The Morgan fingerprint density at radius 2 is 2.18 bits per heavy atom. The first-order valence-electron chi connectivity index (χ1n) is 6.18. The molecule has 1 unspecified atom stereocenters. The van der Waals surface area contributed by atoms with Crippen LogP contribution >= 0.6 is 0 Å². The van der Waals surface area contributed by atoms with Crippen molar-refractivity contribution in [3.05, 3.63) is 24.5 Å². The van der Waals surface area contributed by atoms with Gasteiger partial charge in [0.15, 0.2) is 0 Å². The molecule has 0 saturated heterocycles. The molecule has 0 aromatic carbocycles. The predicted molar refractivity (Wildman–Crippen MR) is 67.6 cm³/mol. The summed E-state index contributed by atoms with van der Waals surface area (Å²) in [4.78, 5) is 17.9. The van der Waals surface area contributed by atoms with Gasteiger partial charge in [0.25, 0.3) is 0 Å². The molecule has 1 saturated carbocycles. The van der Waals surface area contributed by atoms with Crippen LogP contribution in [0, 0.1) is 5.92 Å². The summed E-state index contributed by atoms with van der Waals surface area (Å²) in [5.41, 5.74) is 6.89. The molecule has 17 heavy (non-hydrogen) atoms. The highest BCUT2D eigenvalue weighted by Crippen LogP contribution is 2.33. The minimum absolute atomic E-state index is 0.0263. The van der Waals surface area contributed by atoms with E-state index in [-0.39, 0.29) is 11.9 Å². The van der Waals surface area contributed by atoms with Crippen LogP contribution in [0.15, 0.2) is 24.5 Å². The van der Waals surface area contributed by atoms with Gasteiger partial charge < -0.3 is 10.6 Å². The monoisotopic (exact) mass is 233 g/mol. The number of anilines is 1. The van der Waals surface area contributed by atoms with Gasteiger partial charge in [-0.3, -0.25) is 9.78 Å². The number of aromatic nitrogens is 1. The van der Waals surface area contributed by atoms with Gasteiger partial charge in [-0.2, -0.15) is 0 Å². The van der Waals surface area contributed by atoms with Crippen LogP contribution in [0.1, 0.15) is 26.2 Å². The fraction of sp³-hybridized carbons (Fsp3) is 0.538. The Morgan fingerprint density at radius 1 is 1.53 bits per heavy atom. The Balaban J connectivity index is 2.00. The Labute approximate surface area is 102 Å². The average Bonchev–Trinajstić information content (AvgIpc) is 3.15. The van der Waals surface area contributed by atoms with Crippen molar-refractivity contribution >= 4 is 11.6 Å². The topological polar surface area (TPSA) is 59.2 Å². The second kappa shape index (κ2) is 5.27. The standard InChI is InChI=1S/C13H19N3O/c1-2-16(11-5-7-15-8-6-11)13(17)9-12(14)10-3-4-10/h5-8,10,12H,2-4,9,14H2,1H3. The van der Waals surface area contributed by atoms with Crippen LogP contribution in [-0.2, 0) is 4.79 Å². The number of hydrogen-bond donors (Lipinski definition) is 1. The van der Waals surface area contributed by atoms with Crippen molar-refractivity contribution in [1.82, 2.24) is 4.98 Å². The summed E-state index contributed by atoms with van der Waals surface area (Å²) in [5.74, 6) is 0.674. The largest absolute Gasteiger partial charge is 0.327 e. The lowest BCUT2D eigenvalue weighted by molar-refractivity contribution is -0.119. The highest BCUT2D eigenvalue weighted by Gasteiger charge is 2.31. The van der Waals surface area contributed by atoms with Crippen LogP contribution in [-0.4, -0.2) is 23.5 Å². The van der Waals surface area contributed by atoms with Gasteiger partial charge in [-0.25, -0.2) is 0 Å². The zero-order valence-corrected chi connectivity index (χ0v) is 10.2. The third-order valence-corrected chi connectivity index (χ3v) is 3.23. The number of pyridine rings is 1. The SMILES string of the molecule is CCN(C(=O)CC(N)C1CC1)c1ccncc1. The molecule has 1 aromatic heterocycles. The Hall–Kier alpha value is -1.42. The summed E-state index contributed by atoms with van der Waals surface area (Å²) >= 11 is 0. The van der Waals surface area contributed by atoms with Crippen LogP contribution < -0.4 is 10.6 Å².